The maximum absolute atomic E-state index is 13.8. The molecule has 3 amide bonds. The van der Waals surface area contributed by atoms with Gasteiger partial charge >= 0.3 is 0 Å². The van der Waals surface area contributed by atoms with Crippen LogP contribution in [0, 0.1) is 0 Å². The standard InChI is InChI=1S/C26H22N4O3S/c27-22(31)15-30-20-12-6-7-13-21(20)34-24(16-8-2-1-3-9-16)23(26(30)33)29-25(32)19-14-17-10-4-5-11-18(17)28-19/h1-14,23-24,28H,15H2,(H2,27,31)(H,29,32). The van der Waals surface area contributed by atoms with Crippen molar-refractivity contribution in [3.8, 4) is 0 Å². The first kappa shape index (κ1) is 21.8. The lowest BCUT2D eigenvalue weighted by molar-refractivity contribution is -0.123. The second-order valence-electron chi connectivity index (χ2n) is 8.03. The quantitative estimate of drug-likeness (QED) is 0.414. The van der Waals surface area contributed by atoms with Crippen molar-refractivity contribution in [1.29, 1.82) is 0 Å². The fourth-order valence-corrected chi connectivity index (χ4v) is 5.52. The topological polar surface area (TPSA) is 108 Å². The number of H-pyrrole nitrogens is 1. The number of nitrogens with one attached hydrogen (secondary N) is 2. The number of carbonyl (C=O) groups is 3. The van der Waals surface area contributed by atoms with Gasteiger partial charge in [-0.15, -0.1) is 11.8 Å². The summed E-state index contributed by atoms with van der Waals surface area (Å²) in [5.74, 6) is -1.43. The number of para-hydroxylation sites is 2. The minimum atomic E-state index is -0.932. The van der Waals surface area contributed by atoms with Gasteiger partial charge in [-0.2, -0.15) is 0 Å². The highest BCUT2D eigenvalue weighted by Crippen LogP contribution is 2.45. The molecule has 4 aromatic rings. The Bertz CT molecular complexity index is 1350. The van der Waals surface area contributed by atoms with E-state index in [4.69, 9.17) is 5.73 Å². The lowest BCUT2D eigenvalue weighted by Gasteiger charge is -2.28. The van der Waals surface area contributed by atoms with Gasteiger partial charge in [-0.1, -0.05) is 60.7 Å². The molecular weight excluding hydrogens is 448 g/mol. The third kappa shape index (κ3) is 4.15. The Morgan fingerprint density at radius 3 is 2.44 bits per heavy atom. The first-order valence-corrected chi connectivity index (χ1v) is 11.7. The van der Waals surface area contributed by atoms with Gasteiger partial charge in [0.1, 0.15) is 18.3 Å². The van der Waals surface area contributed by atoms with Gasteiger partial charge in [-0.25, -0.2) is 0 Å². The van der Waals surface area contributed by atoms with Crippen LogP contribution in [0.2, 0.25) is 0 Å². The van der Waals surface area contributed by atoms with E-state index in [-0.39, 0.29) is 6.54 Å². The van der Waals surface area contributed by atoms with Gasteiger partial charge in [0, 0.05) is 15.8 Å². The van der Waals surface area contributed by atoms with Crippen molar-refractivity contribution >= 4 is 46.1 Å². The number of nitrogens with zero attached hydrogens (tertiary/aromatic N) is 1. The fraction of sp³-hybridized carbons (Fsp3) is 0.115. The molecule has 1 aromatic heterocycles. The summed E-state index contributed by atoms with van der Waals surface area (Å²) in [6.07, 6.45) is 0. The molecule has 34 heavy (non-hydrogen) atoms. The number of nitrogens with two attached hydrogens (primary N) is 1. The van der Waals surface area contributed by atoms with E-state index in [1.165, 1.54) is 16.7 Å². The summed E-state index contributed by atoms with van der Waals surface area (Å²) in [6.45, 7) is -0.281. The Morgan fingerprint density at radius 1 is 0.971 bits per heavy atom. The second kappa shape index (κ2) is 9.07. The fourth-order valence-electron chi connectivity index (χ4n) is 4.17. The van der Waals surface area contributed by atoms with E-state index in [1.807, 2.05) is 72.8 Å². The summed E-state index contributed by atoms with van der Waals surface area (Å²) >= 11 is 1.48. The number of aromatic nitrogens is 1. The van der Waals surface area contributed by atoms with Crippen LogP contribution in [0.1, 0.15) is 21.3 Å². The maximum Gasteiger partial charge on any atom is 0.268 e. The van der Waals surface area contributed by atoms with Crippen molar-refractivity contribution in [2.75, 3.05) is 11.4 Å². The number of thioether (sulfide) groups is 1. The number of fused-ring (bicyclic) bond motifs is 2. The third-order valence-corrected chi connectivity index (χ3v) is 7.15. The zero-order valence-electron chi connectivity index (χ0n) is 18.1. The Morgan fingerprint density at radius 2 is 1.68 bits per heavy atom. The van der Waals surface area contributed by atoms with Crippen LogP contribution in [0.15, 0.2) is 89.8 Å². The van der Waals surface area contributed by atoms with Crippen molar-refractivity contribution in [2.24, 2.45) is 5.73 Å². The third-order valence-electron chi connectivity index (χ3n) is 5.75. The molecule has 0 radical (unpaired) electrons. The molecule has 2 atom stereocenters. The summed E-state index contributed by atoms with van der Waals surface area (Å²) in [6, 6.07) is 25.3. The molecule has 2 unspecified atom stereocenters. The number of amides is 3. The van der Waals surface area contributed by atoms with Crippen LogP contribution >= 0.6 is 11.8 Å². The molecule has 0 fully saturated rings. The predicted octanol–water partition coefficient (Wildman–Crippen LogP) is 3.63. The zero-order valence-corrected chi connectivity index (χ0v) is 18.9. The molecule has 7 nitrogen and oxygen atoms in total. The Hall–Kier alpha value is -4.04. The van der Waals surface area contributed by atoms with Gasteiger partial charge in [0.2, 0.25) is 5.91 Å². The number of carbonyl (C=O) groups excluding carboxylic acids is 3. The molecule has 1 aliphatic rings. The molecule has 4 N–H and O–H groups in total. The minimum Gasteiger partial charge on any atom is -0.368 e. The number of primary amides is 1. The lowest BCUT2D eigenvalue weighted by atomic mass is 10.0. The van der Waals surface area contributed by atoms with Gasteiger partial charge in [0.05, 0.1) is 10.9 Å². The highest BCUT2D eigenvalue weighted by Gasteiger charge is 2.40. The van der Waals surface area contributed by atoms with Crippen molar-refractivity contribution in [2.45, 2.75) is 16.2 Å². The number of benzene rings is 3. The van der Waals surface area contributed by atoms with Crippen LogP contribution in [0.3, 0.4) is 0 Å². The number of aromatic amines is 1. The van der Waals surface area contributed by atoms with Crippen LogP contribution in [0.5, 0.6) is 0 Å². The number of rotatable bonds is 5. The van der Waals surface area contributed by atoms with Crippen LogP contribution in [-0.2, 0) is 9.59 Å². The van der Waals surface area contributed by atoms with Crippen molar-refractivity contribution < 1.29 is 14.4 Å². The first-order valence-electron chi connectivity index (χ1n) is 10.8. The normalized spacial score (nSPS) is 17.8. The molecule has 0 saturated heterocycles. The van der Waals surface area contributed by atoms with E-state index < -0.39 is 29.0 Å². The largest absolute Gasteiger partial charge is 0.368 e. The Kier molecular flexibility index (Phi) is 5.81. The van der Waals surface area contributed by atoms with Crippen molar-refractivity contribution in [3.63, 3.8) is 0 Å². The Labute approximate surface area is 200 Å². The monoisotopic (exact) mass is 470 g/mol. The summed E-state index contributed by atoms with van der Waals surface area (Å²) in [4.78, 5) is 44.3. The van der Waals surface area contributed by atoms with E-state index in [1.54, 1.807) is 12.1 Å². The van der Waals surface area contributed by atoms with Gasteiger partial charge in [-0.05, 0) is 29.8 Å². The average Bonchev–Trinajstić information content (AvgIpc) is 3.25. The molecule has 0 aliphatic carbocycles. The van der Waals surface area contributed by atoms with E-state index in [9.17, 15) is 14.4 Å². The van der Waals surface area contributed by atoms with Crippen LogP contribution in [0.25, 0.3) is 10.9 Å². The molecule has 0 saturated carbocycles. The van der Waals surface area contributed by atoms with Crippen LogP contribution in [0.4, 0.5) is 5.69 Å². The number of hydrogen-bond donors (Lipinski definition) is 3. The van der Waals surface area contributed by atoms with Gasteiger partial charge in [-0.3, -0.25) is 14.4 Å². The molecule has 3 aromatic carbocycles. The summed E-state index contributed by atoms with van der Waals surface area (Å²) in [7, 11) is 0. The molecule has 0 bridgehead atoms. The smallest absolute Gasteiger partial charge is 0.268 e. The zero-order chi connectivity index (χ0) is 23.7. The first-order chi connectivity index (χ1) is 16.5. The van der Waals surface area contributed by atoms with Crippen molar-refractivity contribution in [3.05, 3.63) is 96.2 Å². The van der Waals surface area contributed by atoms with Gasteiger partial charge < -0.3 is 20.9 Å². The van der Waals surface area contributed by atoms with Crippen LogP contribution in [-0.4, -0.2) is 35.3 Å². The van der Waals surface area contributed by atoms with E-state index in [2.05, 4.69) is 10.3 Å². The molecular formula is C26H22N4O3S. The van der Waals surface area contributed by atoms with Crippen LogP contribution < -0.4 is 16.0 Å². The molecule has 0 spiro atoms. The molecule has 170 valence electrons. The minimum absolute atomic E-state index is 0.281. The summed E-state index contributed by atoms with van der Waals surface area (Å²) in [5.41, 5.74) is 8.16. The van der Waals surface area contributed by atoms with Crippen molar-refractivity contribution in [1.82, 2.24) is 10.3 Å². The lowest BCUT2D eigenvalue weighted by Crippen LogP contribution is -2.52. The second-order valence-corrected chi connectivity index (χ2v) is 9.21. The average molecular weight is 471 g/mol. The van der Waals surface area contributed by atoms with E-state index in [0.29, 0.717) is 11.4 Å². The SMILES string of the molecule is NC(=O)CN1C(=O)C(NC(=O)c2cc3ccccc3[nH]2)C(c2ccccc2)Sc2ccccc21. The summed E-state index contributed by atoms with van der Waals surface area (Å²) < 4.78 is 0. The highest BCUT2D eigenvalue weighted by atomic mass is 32.2. The summed E-state index contributed by atoms with van der Waals surface area (Å²) in [5, 5.41) is 3.42. The molecule has 1 aliphatic heterocycles. The van der Waals surface area contributed by atoms with E-state index in [0.717, 1.165) is 21.4 Å². The molecule has 5 rings (SSSR count). The number of anilines is 1. The van der Waals surface area contributed by atoms with E-state index >= 15 is 0 Å². The van der Waals surface area contributed by atoms with Gasteiger partial charge in [0.15, 0.2) is 0 Å². The highest BCUT2D eigenvalue weighted by molar-refractivity contribution is 7.99. The van der Waals surface area contributed by atoms with Gasteiger partial charge in [0.25, 0.3) is 11.8 Å². The molecule has 2 heterocycles. The Balaban J connectivity index is 1.57. The predicted molar refractivity (Wildman–Crippen MR) is 133 cm³/mol. The molecule has 8 heteroatoms. The number of hydrogen-bond acceptors (Lipinski definition) is 4. The maximum atomic E-state index is 13.8.